The Kier molecular flexibility index (Phi) is 4.16. The van der Waals surface area contributed by atoms with E-state index >= 15 is 0 Å². The van der Waals surface area contributed by atoms with Crippen LogP contribution >= 0.6 is 11.3 Å². The van der Waals surface area contributed by atoms with Crippen LogP contribution in [0.1, 0.15) is 58.2 Å². The quantitative estimate of drug-likeness (QED) is 0.936. The molecule has 1 aliphatic heterocycles. The largest absolute Gasteiger partial charge is 0.493 e. The number of benzene rings is 1. The summed E-state index contributed by atoms with van der Waals surface area (Å²) in [5.74, 6) is 1.17. The van der Waals surface area contributed by atoms with E-state index in [1.165, 1.54) is 11.3 Å². The average molecular weight is 316 g/mol. The van der Waals surface area contributed by atoms with Crippen LogP contribution in [0.15, 0.2) is 24.3 Å². The fourth-order valence-electron chi connectivity index (χ4n) is 2.59. The van der Waals surface area contributed by atoms with Gasteiger partial charge in [0, 0.05) is 17.9 Å². The summed E-state index contributed by atoms with van der Waals surface area (Å²) in [5.41, 5.74) is 1.86. The van der Waals surface area contributed by atoms with Crippen molar-refractivity contribution < 1.29 is 9.53 Å². The Morgan fingerprint density at radius 1 is 1.41 bits per heavy atom. The predicted octanol–water partition coefficient (Wildman–Crippen LogP) is 3.83. The number of thiazole rings is 1. The number of nitrogens with one attached hydrogen (secondary N) is 1. The molecule has 116 valence electrons. The first-order valence-corrected chi connectivity index (χ1v) is 8.38. The molecule has 0 bridgehead atoms. The van der Waals surface area contributed by atoms with Gasteiger partial charge in [-0.15, -0.1) is 11.3 Å². The van der Waals surface area contributed by atoms with E-state index < -0.39 is 0 Å². The number of rotatable bonds is 3. The second kappa shape index (κ2) is 6.08. The molecule has 1 N–H and O–H groups in total. The third-order valence-electron chi connectivity index (χ3n) is 3.78. The molecule has 1 unspecified atom stereocenters. The van der Waals surface area contributed by atoms with Crippen LogP contribution in [-0.2, 0) is 0 Å². The molecule has 2 heterocycles. The van der Waals surface area contributed by atoms with Crippen molar-refractivity contribution in [2.24, 2.45) is 0 Å². The van der Waals surface area contributed by atoms with Crippen molar-refractivity contribution in [3.63, 3.8) is 0 Å². The summed E-state index contributed by atoms with van der Waals surface area (Å²) >= 11 is 1.49. The van der Waals surface area contributed by atoms with Gasteiger partial charge in [0.15, 0.2) is 0 Å². The lowest BCUT2D eigenvalue weighted by atomic mass is 10.0. The number of aryl methyl sites for hydroxylation is 1. The monoisotopic (exact) mass is 316 g/mol. The van der Waals surface area contributed by atoms with Crippen LogP contribution in [-0.4, -0.2) is 17.5 Å². The maximum Gasteiger partial charge on any atom is 0.263 e. The summed E-state index contributed by atoms with van der Waals surface area (Å²) in [7, 11) is 0. The lowest BCUT2D eigenvalue weighted by Crippen LogP contribution is -2.32. The standard InChI is InChI=1S/C17H20N2O2S/c1-10(2)17-18-11(3)15(22-17)16(20)19-13-8-9-21-14-7-5-4-6-12(13)14/h4-7,10,13H,8-9H2,1-3H3,(H,19,20). The van der Waals surface area contributed by atoms with Crippen LogP contribution in [0.25, 0.3) is 0 Å². The average Bonchev–Trinajstić information content (AvgIpc) is 2.90. The molecular weight excluding hydrogens is 296 g/mol. The number of aromatic nitrogens is 1. The fourth-order valence-corrected chi connectivity index (χ4v) is 3.56. The third kappa shape index (κ3) is 2.86. The minimum Gasteiger partial charge on any atom is -0.493 e. The van der Waals surface area contributed by atoms with Crippen molar-refractivity contribution >= 4 is 17.2 Å². The molecule has 5 heteroatoms. The maximum atomic E-state index is 12.6. The number of fused-ring (bicyclic) bond motifs is 1. The number of hydrogen-bond acceptors (Lipinski definition) is 4. The highest BCUT2D eigenvalue weighted by atomic mass is 32.1. The van der Waals surface area contributed by atoms with Crippen LogP contribution in [0.3, 0.4) is 0 Å². The van der Waals surface area contributed by atoms with E-state index in [0.717, 1.165) is 28.4 Å². The fraction of sp³-hybridized carbons (Fsp3) is 0.412. The van der Waals surface area contributed by atoms with Gasteiger partial charge in [-0.2, -0.15) is 0 Å². The van der Waals surface area contributed by atoms with Gasteiger partial charge in [0.1, 0.15) is 10.6 Å². The van der Waals surface area contributed by atoms with Gasteiger partial charge in [-0.1, -0.05) is 32.0 Å². The molecule has 0 radical (unpaired) electrons. The second-order valence-corrected chi connectivity index (χ2v) is 6.85. The zero-order chi connectivity index (χ0) is 15.7. The Morgan fingerprint density at radius 3 is 2.91 bits per heavy atom. The Bertz CT molecular complexity index is 694. The van der Waals surface area contributed by atoms with Crippen molar-refractivity contribution in [3.05, 3.63) is 45.4 Å². The number of nitrogens with zero attached hydrogens (tertiary/aromatic N) is 1. The molecule has 4 nitrogen and oxygen atoms in total. The Hall–Kier alpha value is -1.88. The Balaban J connectivity index is 1.81. The van der Waals surface area contributed by atoms with E-state index in [1.54, 1.807) is 0 Å². The lowest BCUT2D eigenvalue weighted by Gasteiger charge is -2.26. The molecule has 1 aromatic carbocycles. The van der Waals surface area contributed by atoms with Crippen molar-refractivity contribution in [3.8, 4) is 5.75 Å². The van der Waals surface area contributed by atoms with Gasteiger partial charge in [0.2, 0.25) is 0 Å². The van der Waals surface area contributed by atoms with E-state index in [9.17, 15) is 4.79 Å². The van der Waals surface area contributed by atoms with Crippen LogP contribution in [0.5, 0.6) is 5.75 Å². The van der Waals surface area contributed by atoms with E-state index in [2.05, 4.69) is 24.1 Å². The molecular formula is C17H20N2O2S. The number of amides is 1. The summed E-state index contributed by atoms with van der Waals surface area (Å²) < 4.78 is 5.64. The van der Waals surface area contributed by atoms with E-state index in [-0.39, 0.29) is 11.9 Å². The molecule has 1 amide bonds. The van der Waals surface area contributed by atoms with Crippen LogP contribution < -0.4 is 10.1 Å². The van der Waals surface area contributed by atoms with E-state index in [1.807, 2.05) is 31.2 Å². The Morgan fingerprint density at radius 2 is 2.18 bits per heavy atom. The summed E-state index contributed by atoms with van der Waals surface area (Å²) in [5, 5.41) is 4.15. The first-order valence-electron chi connectivity index (χ1n) is 7.56. The van der Waals surface area contributed by atoms with Crippen molar-refractivity contribution in [1.29, 1.82) is 0 Å². The number of hydrogen-bond donors (Lipinski definition) is 1. The van der Waals surface area contributed by atoms with Gasteiger partial charge in [-0.05, 0) is 13.0 Å². The Labute approximate surface area is 134 Å². The van der Waals surface area contributed by atoms with Crippen LogP contribution in [0.4, 0.5) is 0 Å². The van der Waals surface area contributed by atoms with E-state index in [4.69, 9.17) is 4.74 Å². The SMILES string of the molecule is Cc1nc(C(C)C)sc1C(=O)NC1CCOc2ccccc21. The van der Waals surface area contributed by atoms with Crippen molar-refractivity contribution in [2.45, 2.75) is 39.2 Å². The van der Waals surface area contributed by atoms with Gasteiger partial charge < -0.3 is 10.1 Å². The molecule has 0 saturated carbocycles. The zero-order valence-corrected chi connectivity index (χ0v) is 13.9. The van der Waals surface area contributed by atoms with Crippen molar-refractivity contribution in [2.75, 3.05) is 6.61 Å². The molecule has 1 aliphatic rings. The maximum absolute atomic E-state index is 12.6. The number of para-hydroxylation sites is 1. The minimum absolute atomic E-state index is 0.00134. The summed E-state index contributed by atoms with van der Waals surface area (Å²) in [6.45, 7) is 6.71. The predicted molar refractivity (Wildman–Crippen MR) is 87.7 cm³/mol. The first-order chi connectivity index (χ1) is 10.6. The van der Waals surface area contributed by atoms with Crippen molar-refractivity contribution in [1.82, 2.24) is 10.3 Å². The second-order valence-electron chi connectivity index (χ2n) is 5.82. The summed E-state index contributed by atoms with van der Waals surface area (Å²) in [6.07, 6.45) is 0.789. The molecule has 1 aromatic heterocycles. The number of ether oxygens (including phenoxy) is 1. The highest BCUT2D eigenvalue weighted by molar-refractivity contribution is 7.13. The summed E-state index contributed by atoms with van der Waals surface area (Å²) in [6, 6.07) is 7.88. The highest BCUT2D eigenvalue weighted by Gasteiger charge is 2.25. The lowest BCUT2D eigenvalue weighted by molar-refractivity contribution is 0.0928. The number of carbonyl (C=O) groups is 1. The molecule has 0 aliphatic carbocycles. The van der Waals surface area contributed by atoms with E-state index in [0.29, 0.717) is 17.4 Å². The first kappa shape index (κ1) is 15.0. The van der Waals surface area contributed by atoms with Gasteiger partial charge >= 0.3 is 0 Å². The van der Waals surface area contributed by atoms with Gasteiger partial charge in [0.25, 0.3) is 5.91 Å². The highest BCUT2D eigenvalue weighted by Crippen LogP contribution is 2.32. The van der Waals surface area contributed by atoms with Crippen LogP contribution in [0, 0.1) is 6.92 Å². The molecule has 22 heavy (non-hydrogen) atoms. The zero-order valence-electron chi connectivity index (χ0n) is 13.1. The molecule has 0 fully saturated rings. The molecule has 0 spiro atoms. The molecule has 1 atom stereocenters. The third-order valence-corrected chi connectivity index (χ3v) is 5.23. The minimum atomic E-state index is -0.0383. The summed E-state index contributed by atoms with van der Waals surface area (Å²) in [4.78, 5) is 17.8. The van der Waals surface area contributed by atoms with Gasteiger partial charge in [0.05, 0.1) is 23.4 Å². The number of carbonyl (C=O) groups excluding carboxylic acids is 1. The topological polar surface area (TPSA) is 51.2 Å². The smallest absolute Gasteiger partial charge is 0.263 e. The van der Waals surface area contributed by atoms with Gasteiger partial charge in [-0.25, -0.2) is 4.98 Å². The van der Waals surface area contributed by atoms with Gasteiger partial charge in [-0.3, -0.25) is 4.79 Å². The molecule has 0 saturated heterocycles. The van der Waals surface area contributed by atoms with Crippen LogP contribution in [0.2, 0.25) is 0 Å². The normalized spacial score (nSPS) is 17.0. The molecule has 2 aromatic rings. The molecule has 3 rings (SSSR count).